The van der Waals surface area contributed by atoms with Gasteiger partial charge in [0.25, 0.3) is 0 Å². The summed E-state index contributed by atoms with van der Waals surface area (Å²) in [5, 5.41) is 0. The molecule has 0 unspecified atom stereocenters. The third kappa shape index (κ3) is 6.37. The number of hydrogen-bond donors (Lipinski definition) is 0. The lowest BCUT2D eigenvalue weighted by atomic mass is 9.90. The Morgan fingerprint density at radius 1 is 0.460 bits per heavy atom. The number of rotatable bonds is 7. The molecule has 0 radical (unpaired) electrons. The van der Waals surface area contributed by atoms with Gasteiger partial charge in [0, 0.05) is 11.1 Å². The van der Waals surface area contributed by atoms with Gasteiger partial charge in [-0.05, 0) is 86.5 Å². The molecule has 7 aromatic rings. The summed E-state index contributed by atoms with van der Waals surface area (Å²) >= 11 is 0. The van der Waals surface area contributed by atoms with Crippen molar-refractivity contribution in [2.45, 2.75) is 13.0 Å². The maximum Gasteiger partial charge on any atom is 0.161 e. The summed E-state index contributed by atoms with van der Waals surface area (Å²) in [5.41, 5.74) is 15.3. The van der Waals surface area contributed by atoms with Crippen LogP contribution in [0.1, 0.15) is 27.8 Å². The fourth-order valence-corrected chi connectivity index (χ4v) is 6.79. The molecule has 1 aliphatic rings. The monoisotopic (exact) mass is 641 g/mol. The van der Waals surface area contributed by atoms with E-state index in [4.69, 9.17) is 9.98 Å². The number of fused-ring (bicyclic) bond motifs is 3. The first-order valence-electron chi connectivity index (χ1n) is 16.9. The van der Waals surface area contributed by atoms with Crippen LogP contribution in [0.5, 0.6) is 0 Å². The molecule has 0 heterocycles. The van der Waals surface area contributed by atoms with Gasteiger partial charge in [-0.15, -0.1) is 0 Å². The minimum absolute atomic E-state index is 0.503. The van der Waals surface area contributed by atoms with E-state index in [0.29, 0.717) is 18.2 Å². The van der Waals surface area contributed by atoms with Crippen molar-refractivity contribution in [3.05, 3.63) is 204 Å². The topological polar surface area (TPSA) is 37.1 Å². The summed E-state index contributed by atoms with van der Waals surface area (Å²) in [7, 11) is 0. The maximum absolute atomic E-state index is 5.11. The highest BCUT2D eigenvalue weighted by Gasteiger charge is 2.24. The van der Waals surface area contributed by atoms with Crippen LogP contribution in [0.3, 0.4) is 0 Å². The van der Waals surface area contributed by atoms with Crippen LogP contribution in [0.4, 0.5) is 0 Å². The minimum Gasteiger partial charge on any atom is -0.261 e. The van der Waals surface area contributed by atoms with Crippen LogP contribution in [-0.4, -0.2) is 18.4 Å². The molecule has 0 fully saturated rings. The molecule has 0 saturated carbocycles. The van der Waals surface area contributed by atoms with Gasteiger partial charge in [-0.25, -0.2) is 9.98 Å². The first-order valence-corrected chi connectivity index (χ1v) is 16.9. The lowest BCUT2D eigenvalue weighted by Crippen LogP contribution is -2.07. The summed E-state index contributed by atoms with van der Waals surface area (Å²) in [6, 6.07) is 61.8. The second kappa shape index (κ2) is 14.0. The number of hydrogen-bond acceptors (Lipinski definition) is 1. The van der Waals surface area contributed by atoms with E-state index in [1.54, 1.807) is 0 Å². The molecule has 0 spiro atoms. The Labute approximate surface area is 293 Å². The Kier molecular flexibility index (Phi) is 8.61. The van der Waals surface area contributed by atoms with Crippen molar-refractivity contribution in [2.75, 3.05) is 0 Å². The van der Waals surface area contributed by atoms with Crippen LogP contribution in [0.25, 0.3) is 44.5 Å². The Morgan fingerprint density at radius 3 is 1.64 bits per heavy atom. The molecule has 50 heavy (non-hydrogen) atoms. The van der Waals surface area contributed by atoms with Crippen LogP contribution < -0.4 is 0 Å². The summed E-state index contributed by atoms with van der Waals surface area (Å²) in [6.07, 6.45) is 0.860. The Bertz CT molecular complexity index is 2340. The van der Waals surface area contributed by atoms with Gasteiger partial charge in [0.1, 0.15) is 0 Å². The fraction of sp³-hybridized carbons (Fsp3) is 0.0426. The molecule has 238 valence electrons. The molecule has 0 N–H and O–H groups in total. The zero-order chi connectivity index (χ0) is 33.7. The number of nitrogens with zero attached hydrogens (tertiary/aromatic N) is 3. The lowest BCUT2D eigenvalue weighted by molar-refractivity contribution is 1.06. The number of aliphatic imine (C=N–C) groups is 3. The summed E-state index contributed by atoms with van der Waals surface area (Å²) < 4.78 is 0. The van der Waals surface area contributed by atoms with E-state index in [9.17, 15) is 0 Å². The van der Waals surface area contributed by atoms with Gasteiger partial charge in [-0.3, -0.25) is 4.99 Å². The van der Waals surface area contributed by atoms with Crippen molar-refractivity contribution in [3.63, 3.8) is 0 Å². The van der Waals surface area contributed by atoms with Crippen molar-refractivity contribution in [1.82, 2.24) is 0 Å². The molecule has 0 saturated heterocycles. The predicted octanol–water partition coefficient (Wildman–Crippen LogP) is 11.4. The molecular formula is C47H35N3. The third-order valence-corrected chi connectivity index (χ3v) is 9.31. The maximum atomic E-state index is 5.11. The molecule has 0 amide bonds. The highest BCUT2D eigenvalue weighted by atomic mass is 15.0. The van der Waals surface area contributed by atoms with E-state index in [2.05, 4.69) is 139 Å². The molecule has 0 bridgehead atoms. The van der Waals surface area contributed by atoms with Gasteiger partial charge < -0.3 is 0 Å². The average molecular weight is 642 g/mol. The summed E-state index contributed by atoms with van der Waals surface area (Å²) in [5.74, 6) is 1.18. The van der Waals surface area contributed by atoms with Crippen molar-refractivity contribution < 1.29 is 0 Å². The Hall–Kier alpha value is -6.45. The zero-order valence-electron chi connectivity index (χ0n) is 27.7. The van der Waals surface area contributed by atoms with Gasteiger partial charge in [0.15, 0.2) is 11.7 Å². The second-order valence-corrected chi connectivity index (χ2v) is 12.5. The van der Waals surface area contributed by atoms with Crippen molar-refractivity contribution >= 4 is 18.4 Å². The predicted molar refractivity (Wildman–Crippen MR) is 210 cm³/mol. The summed E-state index contributed by atoms with van der Waals surface area (Å²) in [4.78, 5) is 14.5. The highest BCUT2D eigenvalue weighted by molar-refractivity contribution is 6.13. The first kappa shape index (κ1) is 30.9. The number of benzene rings is 7. The van der Waals surface area contributed by atoms with Crippen LogP contribution in [0.15, 0.2) is 191 Å². The number of amidine groups is 2. The smallest absolute Gasteiger partial charge is 0.161 e. The van der Waals surface area contributed by atoms with Crippen molar-refractivity contribution in [2.24, 2.45) is 15.0 Å². The molecule has 3 heteroatoms. The van der Waals surface area contributed by atoms with E-state index < -0.39 is 0 Å². The molecule has 3 nitrogen and oxygen atoms in total. The average Bonchev–Trinajstić information content (AvgIpc) is 3.58. The van der Waals surface area contributed by atoms with Crippen molar-refractivity contribution in [1.29, 1.82) is 0 Å². The van der Waals surface area contributed by atoms with Crippen molar-refractivity contribution in [3.8, 4) is 44.5 Å². The summed E-state index contributed by atoms with van der Waals surface area (Å²) in [6.45, 7) is 4.37. The van der Waals surface area contributed by atoms with Gasteiger partial charge >= 0.3 is 0 Å². The normalized spacial score (nSPS) is 12.3. The van der Waals surface area contributed by atoms with Crippen LogP contribution in [0.2, 0.25) is 0 Å². The Balaban J connectivity index is 1.22. The van der Waals surface area contributed by atoms with Crippen LogP contribution in [0, 0.1) is 0 Å². The molecule has 0 atom stereocenters. The quantitative estimate of drug-likeness (QED) is 0.123. The lowest BCUT2D eigenvalue weighted by Gasteiger charge is -2.15. The molecule has 8 rings (SSSR count). The third-order valence-electron chi connectivity index (χ3n) is 9.31. The Morgan fingerprint density at radius 2 is 1.00 bits per heavy atom. The molecular weight excluding hydrogens is 607 g/mol. The molecule has 1 aliphatic carbocycles. The molecule has 7 aromatic carbocycles. The largest absolute Gasteiger partial charge is 0.261 e. The van der Waals surface area contributed by atoms with Crippen LogP contribution >= 0.6 is 0 Å². The molecule has 0 aliphatic heterocycles. The molecule has 0 aromatic heterocycles. The first-order chi connectivity index (χ1) is 24.7. The minimum atomic E-state index is 0.503. The van der Waals surface area contributed by atoms with Crippen LogP contribution in [-0.2, 0) is 13.0 Å². The van der Waals surface area contributed by atoms with E-state index in [0.717, 1.165) is 28.7 Å². The standard InChI is InChI=1S/C47H35N3/c1-48-46(39-17-9-4-10-18-39)50-47(49-32-33-13-5-2-6-14-33)42-30-41-29-40-19-11-12-20-43(40)45(41)44(31-42)38-27-25-37(26-28-38)36-23-21-35(22-24-36)34-15-7-3-8-16-34/h2-28,30-31H,1,29,32H2. The highest BCUT2D eigenvalue weighted by Crippen LogP contribution is 2.44. The van der Waals surface area contributed by atoms with E-state index in [1.807, 2.05) is 48.5 Å². The fourth-order valence-electron chi connectivity index (χ4n) is 6.79. The van der Waals surface area contributed by atoms with Gasteiger partial charge in [-0.1, -0.05) is 164 Å². The SMILES string of the molecule is C=NC(=NC(=NCc1ccccc1)c1cc2c(c(-c3ccc(-c4ccc(-c5ccccc5)cc4)cc3)c1)-c1ccccc1C2)c1ccccc1. The van der Waals surface area contributed by atoms with Gasteiger partial charge in [0.05, 0.1) is 6.54 Å². The zero-order valence-corrected chi connectivity index (χ0v) is 27.7. The second-order valence-electron chi connectivity index (χ2n) is 12.5. The van der Waals surface area contributed by atoms with E-state index >= 15 is 0 Å². The van der Waals surface area contributed by atoms with Gasteiger partial charge in [-0.2, -0.15) is 0 Å². The van der Waals surface area contributed by atoms with E-state index in [1.165, 1.54) is 50.1 Å². The van der Waals surface area contributed by atoms with E-state index in [-0.39, 0.29) is 0 Å². The van der Waals surface area contributed by atoms with Gasteiger partial charge in [0.2, 0.25) is 0 Å².